The molecule has 0 unspecified atom stereocenters. The zero-order valence-corrected chi connectivity index (χ0v) is 17.2. The summed E-state index contributed by atoms with van der Waals surface area (Å²) in [5.74, 6) is 0.794. The first-order valence-corrected chi connectivity index (χ1v) is 11.0. The van der Waals surface area contributed by atoms with Crippen molar-refractivity contribution in [1.82, 2.24) is 24.8 Å². The molecule has 1 N–H and O–H groups in total. The molecule has 152 valence electrons. The Labute approximate surface area is 174 Å². The van der Waals surface area contributed by atoms with Crippen LogP contribution in [-0.4, -0.2) is 63.4 Å². The summed E-state index contributed by atoms with van der Waals surface area (Å²) in [6, 6.07) is 4.17. The molecular weight excluding hydrogens is 386 g/mol. The smallest absolute Gasteiger partial charge is 0.273 e. The number of thiazole rings is 1. The van der Waals surface area contributed by atoms with Crippen molar-refractivity contribution < 1.29 is 4.79 Å². The molecule has 0 radical (unpaired) electrons. The molecule has 2 saturated heterocycles. The summed E-state index contributed by atoms with van der Waals surface area (Å²) in [6.45, 7) is 3.89. The standard InChI is InChI=1S/C20H25N7OS/c21-7-12-26-9-4-5-15(13-26)16-6-8-22-19(23-16)25-20-24-17(14-29-20)18(28)27-10-2-1-3-11-27/h6,8,14-15H,1-5,9-13H2,(H,22,23,24,25)/t15-/m1/s1. The highest BCUT2D eigenvalue weighted by molar-refractivity contribution is 7.14. The summed E-state index contributed by atoms with van der Waals surface area (Å²) in [5, 5.41) is 14.5. The molecule has 0 aliphatic carbocycles. The monoisotopic (exact) mass is 411 g/mol. The number of amides is 1. The van der Waals surface area contributed by atoms with Crippen LogP contribution in [-0.2, 0) is 0 Å². The zero-order chi connectivity index (χ0) is 20.1. The molecule has 0 bridgehead atoms. The molecular formula is C20H25N7OS. The van der Waals surface area contributed by atoms with Gasteiger partial charge in [-0.1, -0.05) is 0 Å². The van der Waals surface area contributed by atoms with Gasteiger partial charge in [-0.15, -0.1) is 11.3 Å². The summed E-state index contributed by atoms with van der Waals surface area (Å²) < 4.78 is 0. The number of aromatic nitrogens is 3. The molecule has 8 nitrogen and oxygen atoms in total. The molecule has 1 atom stereocenters. The predicted octanol–water partition coefficient (Wildman–Crippen LogP) is 3.01. The number of anilines is 2. The maximum absolute atomic E-state index is 12.6. The van der Waals surface area contributed by atoms with Gasteiger partial charge in [0.1, 0.15) is 5.69 Å². The Morgan fingerprint density at radius 3 is 2.93 bits per heavy atom. The molecule has 1 amide bonds. The molecule has 4 rings (SSSR count). The normalized spacial score (nSPS) is 20.2. The molecule has 0 aromatic carbocycles. The minimum atomic E-state index is 0.00320. The van der Waals surface area contributed by atoms with Crippen LogP contribution in [0.3, 0.4) is 0 Å². The van der Waals surface area contributed by atoms with Gasteiger partial charge in [0.05, 0.1) is 18.3 Å². The molecule has 2 aliphatic rings. The molecule has 2 aromatic rings. The lowest BCUT2D eigenvalue weighted by molar-refractivity contribution is 0.0719. The number of carbonyl (C=O) groups is 1. The number of carbonyl (C=O) groups excluding carboxylic acids is 1. The first-order valence-electron chi connectivity index (χ1n) is 10.2. The van der Waals surface area contributed by atoms with Gasteiger partial charge in [-0.25, -0.2) is 15.0 Å². The van der Waals surface area contributed by atoms with Crippen LogP contribution in [0.1, 0.15) is 54.2 Å². The molecule has 29 heavy (non-hydrogen) atoms. The van der Waals surface area contributed by atoms with E-state index >= 15 is 0 Å². The van der Waals surface area contributed by atoms with E-state index in [0.717, 1.165) is 57.6 Å². The topological polar surface area (TPSA) is 98.0 Å². The molecule has 4 heterocycles. The van der Waals surface area contributed by atoms with E-state index in [0.29, 0.717) is 29.2 Å². The predicted molar refractivity (Wildman–Crippen MR) is 111 cm³/mol. The van der Waals surface area contributed by atoms with E-state index in [1.807, 2.05) is 11.0 Å². The third-order valence-corrected chi connectivity index (χ3v) is 6.24. The number of likely N-dealkylation sites (tertiary alicyclic amines) is 2. The van der Waals surface area contributed by atoms with E-state index in [2.05, 4.69) is 31.2 Å². The quantitative estimate of drug-likeness (QED) is 0.755. The van der Waals surface area contributed by atoms with Crippen molar-refractivity contribution in [2.24, 2.45) is 0 Å². The van der Waals surface area contributed by atoms with Crippen LogP contribution in [0.2, 0.25) is 0 Å². The summed E-state index contributed by atoms with van der Waals surface area (Å²) in [7, 11) is 0. The van der Waals surface area contributed by atoms with Crippen molar-refractivity contribution in [3.8, 4) is 6.07 Å². The second-order valence-electron chi connectivity index (χ2n) is 7.55. The Morgan fingerprint density at radius 2 is 2.10 bits per heavy atom. The van der Waals surface area contributed by atoms with Gasteiger partial charge >= 0.3 is 0 Å². The fourth-order valence-corrected chi connectivity index (χ4v) is 4.66. The first-order chi connectivity index (χ1) is 14.2. The van der Waals surface area contributed by atoms with Crippen molar-refractivity contribution >= 4 is 28.3 Å². The van der Waals surface area contributed by atoms with E-state index in [-0.39, 0.29) is 5.91 Å². The Bertz CT molecular complexity index is 887. The number of hydrogen-bond donors (Lipinski definition) is 1. The first kappa shape index (κ1) is 19.7. The maximum atomic E-state index is 12.6. The maximum Gasteiger partial charge on any atom is 0.273 e. The van der Waals surface area contributed by atoms with Gasteiger partial charge < -0.3 is 10.2 Å². The van der Waals surface area contributed by atoms with Gasteiger partial charge in [-0.05, 0) is 44.7 Å². The lowest BCUT2D eigenvalue weighted by atomic mass is 9.94. The second kappa shape index (κ2) is 9.29. The average Bonchev–Trinajstić information content (AvgIpc) is 3.23. The van der Waals surface area contributed by atoms with E-state index in [4.69, 9.17) is 5.26 Å². The fourth-order valence-electron chi connectivity index (χ4n) is 3.98. The van der Waals surface area contributed by atoms with Crippen LogP contribution in [0.5, 0.6) is 0 Å². The lowest BCUT2D eigenvalue weighted by Crippen LogP contribution is -2.35. The van der Waals surface area contributed by atoms with Crippen molar-refractivity contribution in [3.63, 3.8) is 0 Å². The van der Waals surface area contributed by atoms with Crippen molar-refractivity contribution in [2.45, 2.75) is 38.0 Å². The van der Waals surface area contributed by atoms with Crippen LogP contribution in [0.15, 0.2) is 17.6 Å². The van der Waals surface area contributed by atoms with Crippen molar-refractivity contribution in [3.05, 3.63) is 29.0 Å². The zero-order valence-electron chi connectivity index (χ0n) is 16.4. The van der Waals surface area contributed by atoms with Crippen LogP contribution < -0.4 is 5.32 Å². The Morgan fingerprint density at radius 1 is 1.24 bits per heavy atom. The third kappa shape index (κ3) is 4.89. The average molecular weight is 412 g/mol. The third-order valence-electron chi connectivity index (χ3n) is 5.48. The lowest BCUT2D eigenvalue weighted by Gasteiger charge is -2.30. The highest BCUT2D eigenvalue weighted by Gasteiger charge is 2.23. The molecule has 0 saturated carbocycles. The minimum absolute atomic E-state index is 0.00320. The molecule has 0 spiro atoms. The van der Waals surface area contributed by atoms with Gasteiger partial charge in [0.2, 0.25) is 5.95 Å². The van der Waals surface area contributed by atoms with Gasteiger partial charge in [0.15, 0.2) is 5.13 Å². The molecule has 2 aromatic heterocycles. The minimum Gasteiger partial charge on any atom is -0.337 e. The van der Waals surface area contributed by atoms with E-state index < -0.39 is 0 Å². The number of nitrogens with one attached hydrogen (secondary N) is 1. The van der Waals surface area contributed by atoms with Crippen molar-refractivity contribution in [1.29, 1.82) is 5.26 Å². The van der Waals surface area contributed by atoms with E-state index in [9.17, 15) is 4.79 Å². The summed E-state index contributed by atoms with van der Waals surface area (Å²) in [4.78, 5) is 30.1. The second-order valence-corrected chi connectivity index (χ2v) is 8.41. The Hall–Kier alpha value is -2.57. The number of piperidine rings is 2. The largest absolute Gasteiger partial charge is 0.337 e. The van der Waals surface area contributed by atoms with Gasteiger partial charge in [-0.3, -0.25) is 9.69 Å². The van der Waals surface area contributed by atoms with Crippen LogP contribution in [0.25, 0.3) is 0 Å². The molecule has 9 heteroatoms. The van der Waals surface area contributed by atoms with Crippen LogP contribution in [0, 0.1) is 11.3 Å². The van der Waals surface area contributed by atoms with Gasteiger partial charge in [-0.2, -0.15) is 5.26 Å². The SMILES string of the molecule is N#CCN1CCC[C@@H](c2ccnc(Nc3nc(C(=O)N4CCCCC4)cs3)n2)C1. The van der Waals surface area contributed by atoms with Crippen LogP contribution >= 0.6 is 11.3 Å². The summed E-state index contributed by atoms with van der Waals surface area (Å²) >= 11 is 1.39. The summed E-state index contributed by atoms with van der Waals surface area (Å²) in [6.07, 6.45) is 7.19. The van der Waals surface area contributed by atoms with Gasteiger partial charge in [0, 0.05) is 37.1 Å². The molecule has 2 aliphatic heterocycles. The van der Waals surface area contributed by atoms with Crippen LogP contribution in [0.4, 0.5) is 11.1 Å². The Kier molecular flexibility index (Phi) is 6.32. The van der Waals surface area contributed by atoms with E-state index in [1.54, 1.807) is 11.6 Å². The highest BCUT2D eigenvalue weighted by Crippen LogP contribution is 2.27. The highest BCUT2D eigenvalue weighted by atomic mass is 32.1. The van der Waals surface area contributed by atoms with Crippen molar-refractivity contribution in [2.75, 3.05) is 38.0 Å². The fraction of sp³-hybridized carbons (Fsp3) is 0.550. The summed E-state index contributed by atoms with van der Waals surface area (Å²) in [5.41, 5.74) is 1.46. The molecule has 2 fully saturated rings. The number of hydrogen-bond acceptors (Lipinski definition) is 8. The number of rotatable bonds is 5. The van der Waals surface area contributed by atoms with Gasteiger partial charge in [0.25, 0.3) is 5.91 Å². The van der Waals surface area contributed by atoms with E-state index in [1.165, 1.54) is 17.8 Å². The number of nitrogens with zero attached hydrogens (tertiary/aromatic N) is 6. The Balaban J connectivity index is 1.41. The number of nitriles is 1.